The Morgan fingerprint density at radius 1 is 1.32 bits per heavy atom. The van der Waals surface area contributed by atoms with Gasteiger partial charge in [0.05, 0.1) is 24.4 Å². The topological polar surface area (TPSA) is 71.8 Å². The van der Waals surface area contributed by atoms with Gasteiger partial charge in [-0.2, -0.15) is 5.10 Å². The smallest absolute Gasteiger partial charge is 0.225 e. The van der Waals surface area contributed by atoms with Gasteiger partial charge < -0.3 is 10.6 Å². The van der Waals surface area contributed by atoms with Crippen molar-refractivity contribution in [2.75, 3.05) is 13.1 Å². The van der Waals surface area contributed by atoms with Crippen molar-refractivity contribution in [2.24, 2.45) is 13.0 Å². The molecule has 1 aromatic carbocycles. The molecule has 148 valence electrons. The Balaban J connectivity index is 0.00000225. The lowest BCUT2D eigenvalue weighted by Crippen LogP contribution is -2.33. The van der Waals surface area contributed by atoms with Gasteiger partial charge >= 0.3 is 0 Å². The molecule has 3 heterocycles. The van der Waals surface area contributed by atoms with Crippen LogP contribution in [0.5, 0.6) is 0 Å². The summed E-state index contributed by atoms with van der Waals surface area (Å²) >= 11 is 1.64. The average Bonchev–Trinajstić information content (AvgIpc) is 3.40. The first kappa shape index (κ1) is 20.5. The number of thiazole rings is 1. The number of hydrogen-bond acceptors (Lipinski definition) is 5. The predicted octanol–water partition coefficient (Wildman–Crippen LogP) is 2.89. The van der Waals surface area contributed by atoms with E-state index in [2.05, 4.69) is 32.8 Å². The van der Waals surface area contributed by atoms with E-state index in [9.17, 15) is 4.79 Å². The first-order valence-electron chi connectivity index (χ1n) is 9.10. The lowest BCUT2D eigenvalue weighted by atomic mass is 9.90. The van der Waals surface area contributed by atoms with Gasteiger partial charge in [-0.1, -0.05) is 30.3 Å². The highest BCUT2D eigenvalue weighted by atomic mass is 35.5. The van der Waals surface area contributed by atoms with Crippen LogP contribution in [0.15, 0.2) is 42.7 Å². The SMILES string of the molecule is Cc1nc(-c2ccccc2)sc1CNC(=O)[C@H]1CNC[C@@H]1c1cnn(C)c1.Cl. The Bertz CT molecular complexity index is 939. The van der Waals surface area contributed by atoms with Crippen molar-refractivity contribution in [3.05, 3.63) is 58.9 Å². The van der Waals surface area contributed by atoms with Crippen LogP contribution < -0.4 is 10.6 Å². The van der Waals surface area contributed by atoms with Crippen molar-refractivity contribution in [1.29, 1.82) is 0 Å². The van der Waals surface area contributed by atoms with Crippen molar-refractivity contribution in [3.63, 3.8) is 0 Å². The zero-order valence-electron chi connectivity index (χ0n) is 15.9. The molecule has 0 saturated carbocycles. The molecule has 1 aliphatic heterocycles. The number of hydrogen-bond donors (Lipinski definition) is 2. The maximum atomic E-state index is 12.8. The van der Waals surface area contributed by atoms with Crippen LogP contribution >= 0.6 is 23.7 Å². The molecule has 2 atom stereocenters. The summed E-state index contributed by atoms with van der Waals surface area (Å²) < 4.78 is 1.79. The summed E-state index contributed by atoms with van der Waals surface area (Å²) in [4.78, 5) is 18.6. The van der Waals surface area contributed by atoms with E-state index in [1.807, 2.05) is 44.6 Å². The summed E-state index contributed by atoms with van der Waals surface area (Å²) in [5.41, 5.74) is 3.20. The molecule has 6 nitrogen and oxygen atoms in total. The van der Waals surface area contributed by atoms with E-state index in [-0.39, 0.29) is 30.2 Å². The number of rotatable bonds is 5. The van der Waals surface area contributed by atoms with Gasteiger partial charge in [0.1, 0.15) is 5.01 Å². The number of benzene rings is 1. The summed E-state index contributed by atoms with van der Waals surface area (Å²) in [5.74, 6) is 0.181. The van der Waals surface area contributed by atoms with Gasteiger partial charge in [0.15, 0.2) is 0 Å². The molecule has 3 aromatic rings. The molecule has 0 spiro atoms. The minimum absolute atomic E-state index is 0. The van der Waals surface area contributed by atoms with Gasteiger partial charge in [0.2, 0.25) is 5.91 Å². The molecule has 28 heavy (non-hydrogen) atoms. The largest absolute Gasteiger partial charge is 0.351 e. The number of nitrogens with zero attached hydrogens (tertiary/aromatic N) is 3. The summed E-state index contributed by atoms with van der Waals surface area (Å²) in [7, 11) is 1.90. The lowest BCUT2D eigenvalue weighted by molar-refractivity contribution is -0.125. The van der Waals surface area contributed by atoms with E-state index >= 15 is 0 Å². The molecule has 0 bridgehead atoms. The lowest BCUT2D eigenvalue weighted by Gasteiger charge is -2.16. The second-order valence-electron chi connectivity index (χ2n) is 6.93. The Hall–Kier alpha value is -2.22. The van der Waals surface area contributed by atoms with Gasteiger partial charge in [-0.25, -0.2) is 4.98 Å². The van der Waals surface area contributed by atoms with E-state index in [4.69, 9.17) is 0 Å². The number of amides is 1. The van der Waals surface area contributed by atoms with Crippen molar-refractivity contribution in [1.82, 2.24) is 25.4 Å². The fraction of sp³-hybridized carbons (Fsp3) is 0.350. The number of nitrogens with one attached hydrogen (secondary N) is 2. The van der Waals surface area contributed by atoms with Gasteiger partial charge in [-0.15, -0.1) is 23.7 Å². The second kappa shape index (κ2) is 8.86. The van der Waals surface area contributed by atoms with Gasteiger partial charge in [0, 0.05) is 42.7 Å². The summed E-state index contributed by atoms with van der Waals surface area (Å²) in [6.45, 7) is 4.02. The normalized spacial score (nSPS) is 18.6. The number of carbonyl (C=O) groups excluding carboxylic acids is 1. The third-order valence-corrected chi connectivity index (χ3v) is 6.25. The molecule has 4 rings (SSSR count). The van der Waals surface area contributed by atoms with Crippen LogP contribution in [0.25, 0.3) is 10.6 Å². The van der Waals surface area contributed by atoms with Crippen molar-refractivity contribution in [2.45, 2.75) is 19.4 Å². The van der Waals surface area contributed by atoms with Gasteiger partial charge in [-0.05, 0) is 12.5 Å². The molecule has 1 amide bonds. The van der Waals surface area contributed by atoms with E-state index in [0.29, 0.717) is 13.1 Å². The van der Waals surface area contributed by atoms with Crippen molar-refractivity contribution in [3.8, 4) is 10.6 Å². The third kappa shape index (κ3) is 4.27. The number of carbonyl (C=O) groups is 1. The molecular weight excluding hydrogens is 394 g/mol. The molecular formula is C20H24ClN5OS. The standard InChI is InChI=1S/C20H23N5OS.ClH/c1-13-18(27-20(24-13)14-6-4-3-5-7-14)11-22-19(26)17-10-21-9-16(17)15-8-23-25(2)12-15;/h3-8,12,16-17,21H,9-11H2,1-2H3,(H,22,26);1H/t16-,17+;/m1./s1. The minimum Gasteiger partial charge on any atom is -0.351 e. The summed E-state index contributed by atoms with van der Waals surface area (Å²) in [6.07, 6.45) is 3.86. The fourth-order valence-corrected chi connectivity index (χ4v) is 4.54. The first-order chi connectivity index (χ1) is 13.1. The Morgan fingerprint density at radius 2 is 2.11 bits per heavy atom. The summed E-state index contributed by atoms with van der Waals surface area (Å²) in [6, 6.07) is 10.1. The maximum Gasteiger partial charge on any atom is 0.225 e. The molecule has 1 saturated heterocycles. The van der Waals surface area contributed by atoms with Crippen LogP contribution in [0.4, 0.5) is 0 Å². The number of aryl methyl sites for hydroxylation is 2. The van der Waals surface area contributed by atoms with Crippen LogP contribution in [-0.2, 0) is 18.4 Å². The molecule has 2 N–H and O–H groups in total. The quantitative estimate of drug-likeness (QED) is 0.669. The van der Waals surface area contributed by atoms with Crippen LogP contribution in [0.2, 0.25) is 0 Å². The molecule has 2 aromatic heterocycles. The zero-order chi connectivity index (χ0) is 18.8. The van der Waals surface area contributed by atoms with E-state index in [1.165, 1.54) is 0 Å². The molecule has 0 unspecified atom stereocenters. The van der Waals surface area contributed by atoms with Crippen LogP contribution in [-0.4, -0.2) is 33.8 Å². The highest BCUT2D eigenvalue weighted by Crippen LogP contribution is 2.29. The monoisotopic (exact) mass is 417 g/mol. The van der Waals surface area contributed by atoms with Crippen molar-refractivity contribution >= 4 is 29.7 Å². The van der Waals surface area contributed by atoms with E-state index < -0.39 is 0 Å². The van der Waals surface area contributed by atoms with Gasteiger partial charge in [-0.3, -0.25) is 9.48 Å². The highest BCUT2D eigenvalue weighted by Gasteiger charge is 2.34. The number of aromatic nitrogens is 3. The van der Waals surface area contributed by atoms with E-state index in [1.54, 1.807) is 16.0 Å². The van der Waals surface area contributed by atoms with Crippen molar-refractivity contribution < 1.29 is 4.79 Å². The Labute approximate surface area is 174 Å². The number of halogens is 1. The fourth-order valence-electron chi connectivity index (χ4n) is 3.53. The Kier molecular flexibility index (Phi) is 6.49. The molecule has 0 aliphatic carbocycles. The third-order valence-electron chi connectivity index (χ3n) is 5.04. The second-order valence-corrected chi connectivity index (χ2v) is 8.01. The van der Waals surface area contributed by atoms with Gasteiger partial charge in [0.25, 0.3) is 0 Å². The molecule has 0 radical (unpaired) electrons. The van der Waals surface area contributed by atoms with Crippen LogP contribution in [0, 0.1) is 12.8 Å². The van der Waals surface area contributed by atoms with Crippen LogP contribution in [0.1, 0.15) is 22.1 Å². The first-order valence-corrected chi connectivity index (χ1v) is 9.92. The molecule has 8 heteroatoms. The average molecular weight is 418 g/mol. The van der Waals surface area contributed by atoms with Crippen LogP contribution in [0.3, 0.4) is 0 Å². The minimum atomic E-state index is -0.0731. The van der Waals surface area contributed by atoms with E-state index in [0.717, 1.165) is 33.3 Å². The zero-order valence-corrected chi connectivity index (χ0v) is 17.5. The molecule has 1 aliphatic rings. The molecule has 1 fully saturated rings. The highest BCUT2D eigenvalue weighted by molar-refractivity contribution is 7.15. The predicted molar refractivity (Wildman–Crippen MR) is 114 cm³/mol. The summed E-state index contributed by atoms with van der Waals surface area (Å²) in [5, 5.41) is 11.7. The Morgan fingerprint density at radius 3 is 2.82 bits per heavy atom. The maximum absolute atomic E-state index is 12.8.